The summed E-state index contributed by atoms with van der Waals surface area (Å²) in [6, 6.07) is 6.57. The van der Waals surface area contributed by atoms with Crippen LogP contribution in [0.1, 0.15) is 55.8 Å². The van der Waals surface area contributed by atoms with Crippen LogP contribution in [0.2, 0.25) is 0 Å². The second-order valence-corrected chi connectivity index (χ2v) is 7.85. The van der Waals surface area contributed by atoms with Crippen LogP contribution in [0.25, 0.3) is 0 Å². The second kappa shape index (κ2) is 5.36. The van der Waals surface area contributed by atoms with Gasteiger partial charge in [0.25, 0.3) is 5.91 Å². The Labute approximate surface area is 137 Å². The maximum absolute atomic E-state index is 12.2. The summed E-state index contributed by atoms with van der Waals surface area (Å²) in [5.74, 6) is 2.24. The summed E-state index contributed by atoms with van der Waals surface area (Å²) in [6.45, 7) is 2.07. The number of phenolic OH excluding ortho intramolecular Hbond substituents is 1. The van der Waals surface area contributed by atoms with Gasteiger partial charge in [0.2, 0.25) is 0 Å². The molecule has 4 nitrogen and oxygen atoms in total. The molecule has 4 aliphatic rings. The molecule has 0 heterocycles. The van der Waals surface area contributed by atoms with Gasteiger partial charge in [0.05, 0.1) is 5.56 Å². The van der Waals surface area contributed by atoms with Crippen LogP contribution in [-0.2, 0) is 0 Å². The molecular formula is C19H24N2O2. The molecule has 4 fully saturated rings. The van der Waals surface area contributed by atoms with Crippen molar-refractivity contribution < 1.29 is 9.90 Å². The van der Waals surface area contributed by atoms with Gasteiger partial charge in [-0.15, -0.1) is 0 Å². The highest BCUT2D eigenvalue weighted by Gasteiger charge is 2.52. The number of nitrogens with one attached hydrogen (secondary N) is 1. The molecule has 1 aromatic carbocycles. The standard InChI is InChI=1S/C19H24N2O2/c1-12(20-21-18(23)16-4-2-3-5-17(16)22)19-9-13-6-14(10-19)8-15(7-13)11-19/h2-5,13-15,22H,6-11H2,1H3,(H,21,23). The monoisotopic (exact) mass is 312 g/mol. The molecular weight excluding hydrogens is 288 g/mol. The van der Waals surface area contributed by atoms with Crippen LogP contribution in [0, 0.1) is 23.2 Å². The lowest BCUT2D eigenvalue weighted by atomic mass is 9.48. The fourth-order valence-corrected chi connectivity index (χ4v) is 5.53. The maximum atomic E-state index is 12.2. The van der Waals surface area contributed by atoms with E-state index in [2.05, 4.69) is 17.5 Å². The van der Waals surface area contributed by atoms with Crippen molar-refractivity contribution in [1.82, 2.24) is 5.43 Å². The number of phenols is 1. The summed E-state index contributed by atoms with van der Waals surface area (Å²) in [7, 11) is 0. The summed E-state index contributed by atoms with van der Waals surface area (Å²) in [5.41, 5.74) is 4.21. The van der Waals surface area contributed by atoms with Crippen molar-refractivity contribution in [3.63, 3.8) is 0 Å². The zero-order valence-electron chi connectivity index (χ0n) is 13.6. The number of para-hydroxylation sites is 1. The third-order valence-electron chi connectivity index (χ3n) is 6.28. The van der Waals surface area contributed by atoms with E-state index in [0.29, 0.717) is 0 Å². The van der Waals surface area contributed by atoms with Crippen molar-refractivity contribution in [3.05, 3.63) is 29.8 Å². The molecule has 1 aromatic rings. The predicted octanol–water partition coefficient (Wildman–Crippen LogP) is 3.71. The third-order valence-corrected chi connectivity index (χ3v) is 6.28. The van der Waals surface area contributed by atoms with Crippen LogP contribution < -0.4 is 5.43 Å². The third kappa shape index (κ3) is 2.54. The lowest BCUT2D eigenvalue weighted by Crippen LogP contribution is -2.49. The molecule has 0 aromatic heterocycles. The Morgan fingerprint density at radius 1 is 1.13 bits per heavy atom. The molecule has 122 valence electrons. The molecule has 4 heteroatoms. The number of hydrazone groups is 1. The highest BCUT2D eigenvalue weighted by atomic mass is 16.3. The molecule has 23 heavy (non-hydrogen) atoms. The topological polar surface area (TPSA) is 61.7 Å². The molecule has 0 aliphatic heterocycles. The van der Waals surface area contributed by atoms with Gasteiger partial charge in [-0.2, -0.15) is 5.10 Å². The molecule has 0 unspecified atom stereocenters. The molecule has 0 radical (unpaired) electrons. The van der Waals surface area contributed by atoms with Crippen LogP contribution in [0.15, 0.2) is 29.4 Å². The summed E-state index contributed by atoms with van der Waals surface area (Å²) in [6.07, 6.45) is 7.91. The summed E-state index contributed by atoms with van der Waals surface area (Å²) in [4.78, 5) is 12.2. The van der Waals surface area contributed by atoms with Gasteiger partial charge in [-0.25, -0.2) is 5.43 Å². The minimum absolute atomic E-state index is 0.00680. The quantitative estimate of drug-likeness (QED) is 0.660. The molecule has 4 saturated carbocycles. The number of carbonyl (C=O) groups is 1. The number of rotatable bonds is 3. The lowest BCUT2D eigenvalue weighted by molar-refractivity contribution is -0.0128. The fraction of sp³-hybridized carbons (Fsp3) is 0.579. The fourth-order valence-electron chi connectivity index (χ4n) is 5.53. The van der Waals surface area contributed by atoms with Gasteiger partial charge >= 0.3 is 0 Å². The van der Waals surface area contributed by atoms with E-state index in [1.165, 1.54) is 44.6 Å². The van der Waals surface area contributed by atoms with E-state index < -0.39 is 0 Å². The molecule has 1 amide bonds. The normalized spacial score (nSPS) is 35.3. The Kier molecular flexibility index (Phi) is 3.43. The van der Waals surface area contributed by atoms with Gasteiger partial charge in [-0.1, -0.05) is 12.1 Å². The van der Waals surface area contributed by atoms with E-state index in [9.17, 15) is 9.90 Å². The zero-order chi connectivity index (χ0) is 16.0. The first-order chi connectivity index (χ1) is 11.1. The van der Waals surface area contributed by atoms with E-state index in [4.69, 9.17) is 0 Å². The number of hydrogen-bond donors (Lipinski definition) is 2. The number of carbonyl (C=O) groups excluding carboxylic acids is 1. The smallest absolute Gasteiger partial charge is 0.275 e. The van der Waals surface area contributed by atoms with Crippen LogP contribution >= 0.6 is 0 Å². The van der Waals surface area contributed by atoms with Gasteiger partial charge in [-0.3, -0.25) is 4.79 Å². The number of hydrogen-bond acceptors (Lipinski definition) is 3. The van der Waals surface area contributed by atoms with Crippen molar-refractivity contribution >= 4 is 11.6 Å². The van der Waals surface area contributed by atoms with E-state index in [1.54, 1.807) is 18.2 Å². The Morgan fingerprint density at radius 2 is 1.70 bits per heavy atom. The second-order valence-electron chi connectivity index (χ2n) is 7.85. The average molecular weight is 312 g/mol. The van der Waals surface area contributed by atoms with Crippen molar-refractivity contribution in [2.75, 3.05) is 0 Å². The minimum Gasteiger partial charge on any atom is -0.507 e. The molecule has 0 spiro atoms. The van der Waals surface area contributed by atoms with Gasteiger partial charge < -0.3 is 5.11 Å². The Balaban J connectivity index is 1.51. The largest absolute Gasteiger partial charge is 0.507 e. The first-order valence-electron chi connectivity index (χ1n) is 8.69. The average Bonchev–Trinajstić information content (AvgIpc) is 2.51. The molecule has 4 bridgehead atoms. The Bertz CT molecular complexity index is 630. The lowest BCUT2D eigenvalue weighted by Gasteiger charge is -2.56. The SMILES string of the molecule is CC(=NNC(=O)c1ccccc1O)C12CC3CC(CC(C3)C1)C2. The maximum Gasteiger partial charge on any atom is 0.275 e. The van der Waals surface area contributed by atoms with Crippen molar-refractivity contribution in [2.24, 2.45) is 28.3 Å². The minimum atomic E-state index is -0.341. The molecule has 0 saturated heterocycles. The van der Waals surface area contributed by atoms with Crippen molar-refractivity contribution in [2.45, 2.75) is 45.4 Å². The first-order valence-corrected chi connectivity index (χ1v) is 8.69. The van der Waals surface area contributed by atoms with Crippen molar-refractivity contribution in [1.29, 1.82) is 0 Å². The molecule has 0 atom stereocenters. The van der Waals surface area contributed by atoms with Crippen LogP contribution in [0.4, 0.5) is 0 Å². The summed E-state index contributed by atoms with van der Waals surface area (Å²) >= 11 is 0. The molecule has 4 aliphatic carbocycles. The molecule has 2 N–H and O–H groups in total. The van der Waals surface area contributed by atoms with Crippen LogP contribution in [-0.4, -0.2) is 16.7 Å². The van der Waals surface area contributed by atoms with E-state index in [0.717, 1.165) is 23.5 Å². The van der Waals surface area contributed by atoms with E-state index in [-0.39, 0.29) is 22.6 Å². The van der Waals surface area contributed by atoms with Gasteiger partial charge in [0.15, 0.2) is 0 Å². The van der Waals surface area contributed by atoms with Gasteiger partial charge in [0.1, 0.15) is 5.75 Å². The summed E-state index contributed by atoms with van der Waals surface area (Å²) < 4.78 is 0. The van der Waals surface area contributed by atoms with Gasteiger partial charge in [0, 0.05) is 11.1 Å². The first kappa shape index (κ1) is 14.7. The van der Waals surface area contributed by atoms with E-state index >= 15 is 0 Å². The van der Waals surface area contributed by atoms with Crippen LogP contribution in [0.5, 0.6) is 5.75 Å². The van der Waals surface area contributed by atoms with Crippen molar-refractivity contribution in [3.8, 4) is 5.75 Å². The molecule has 5 rings (SSSR count). The predicted molar refractivity (Wildman–Crippen MR) is 89.3 cm³/mol. The van der Waals surface area contributed by atoms with E-state index in [1.807, 2.05) is 0 Å². The van der Waals surface area contributed by atoms with Crippen LogP contribution in [0.3, 0.4) is 0 Å². The number of nitrogens with zero attached hydrogens (tertiary/aromatic N) is 1. The summed E-state index contributed by atoms with van der Waals surface area (Å²) in [5, 5.41) is 14.2. The zero-order valence-corrected chi connectivity index (χ0v) is 13.6. The number of amides is 1. The highest BCUT2D eigenvalue weighted by Crippen LogP contribution is 2.60. The number of aromatic hydroxyl groups is 1. The Hall–Kier alpha value is -1.84. The highest BCUT2D eigenvalue weighted by molar-refractivity contribution is 5.98. The van der Waals surface area contributed by atoms with Gasteiger partial charge in [-0.05, 0) is 75.3 Å². The Morgan fingerprint density at radius 3 is 2.26 bits per heavy atom. The number of benzene rings is 1.